The van der Waals surface area contributed by atoms with Gasteiger partial charge in [-0.2, -0.15) is 0 Å². The lowest BCUT2D eigenvalue weighted by Crippen LogP contribution is -2.60. The highest BCUT2D eigenvalue weighted by Crippen LogP contribution is 2.23. The summed E-state index contributed by atoms with van der Waals surface area (Å²) in [5.74, 6) is -0.228. The maximum atomic E-state index is 13.0. The van der Waals surface area contributed by atoms with E-state index >= 15 is 0 Å². The molecular formula is C58H103NO8. The fourth-order valence-corrected chi connectivity index (χ4v) is 8.40. The zero-order valence-corrected chi connectivity index (χ0v) is 42.9. The van der Waals surface area contributed by atoms with Gasteiger partial charge in [0.15, 0.2) is 6.29 Å². The largest absolute Gasteiger partial charge is 0.394 e. The fraction of sp³-hybridized carbons (Fsp3) is 0.776. The predicted octanol–water partition coefficient (Wildman–Crippen LogP) is 13.3. The van der Waals surface area contributed by atoms with Crippen molar-refractivity contribution in [2.45, 2.75) is 275 Å². The SMILES string of the molecule is CC/C=C\C/C=C\C/C=C\C/C=C\CCCCC(=O)NC(COC1OC(CO)C(O)C(O)C1O)C(O)/C=C/CC/C=C/CCCCCCCCCCCCCCCCCCCCCCCCC. The number of hydrogen-bond donors (Lipinski definition) is 6. The smallest absolute Gasteiger partial charge is 0.220 e. The van der Waals surface area contributed by atoms with Crippen molar-refractivity contribution in [3.05, 3.63) is 72.9 Å². The van der Waals surface area contributed by atoms with Gasteiger partial charge in [0, 0.05) is 6.42 Å². The highest BCUT2D eigenvalue weighted by Gasteiger charge is 2.44. The number of carbonyl (C=O) groups is 1. The number of aliphatic hydroxyl groups excluding tert-OH is 5. The van der Waals surface area contributed by atoms with Crippen LogP contribution in [0.4, 0.5) is 0 Å². The van der Waals surface area contributed by atoms with Crippen LogP contribution in [0.1, 0.15) is 232 Å². The summed E-state index contributed by atoms with van der Waals surface area (Å²) >= 11 is 0. The monoisotopic (exact) mass is 942 g/mol. The van der Waals surface area contributed by atoms with Crippen LogP contribution in [0.25, 0.3) is 0 Å². The number of nitrogens with one attached hydrogen (secondary N) is 1. The summed E-state index contributed by atoms with van der Waals surface area (Å²) in [5.41, 5.74) is 0. The van der Waals surface area contributed by atoms with Crippen LogP contribution in [0.3, 0.4) is 0 Å². The zero-order valence-electron chi connectivity index (χ0n) is 42.9. The molecule has 7 atom stereocenters. The van der Waals surface area contributed by atoms with Gasteiger partial charge in [-0.25, -0.2) is 0 Å². The lowest BCUT2D eigenvalue weighted by atomic mass is 9.99. The van der Waals surface area contributed by atoms with Crippen LogP contribution in [0.5, 0.6) is 0 Å². The molecule has 0 aliphatic carbocycles. The predicted molar refractivity (Wildman–Crippen MR) is 281 cm³/mol. The Morgan fingerprint density at radius 1 is 0.522 bits per heavy atom. The number of unbranched alkanes of at least 4 members (excludes halogenated alkanes) is 26. The highest BCUT2D eigenvalue weighted by molar-refractivity contribution is 5.76. The third kappa shape index (κ3) is 37.2. The normalized spacial score (nSPS) is 20.3. The summed E-state index contributed by atoms with van der Waals surface area (Å²) in [6.45, 7) is 3.63. The second-order valence-corrected chi connectivity index (χ2v) is 19.0. The third-order valence-corrected chi connectivity index (χ3v) is 12.8. The van der Waals surface area contributed by atoms with E-state index in [1.165, 1.54) is 148 Å². The average Bonchev–Trinajstić information content (AvgIpc) is 3.33. The molecular weight excluding hydrogens is 839 g/mol. The molecule has 6 N–H and O–H groups in total. The molecule has 1 amide bonds. The molecule has 9 nitrogen and oxygen atoms in total. The molecule has 0 aromatic carbocycles. The average molecular weight is 942 g/mol. The van der Waals surface area contributed by atoms with Crippen LogP contribution in [-0.2, 0) is 14.3 Å². The summed E-state index contributed by atoms with van der Waals surface area (Å²) < 4.78 is 11.2. The molecule has 0 saturated carbocycles. The van der Waals surface area contributed by atoms with Crippen molar-refractivity contribution in [2.24, 2.45) is 0 Å². The van der Waals surface area contributed by atoms with Crippen LogP contribution in [0.2, 0.25) is 0 Å². The molecule has 7 unspecified atom stereocenters. The van der Waals surface area contributed by atoms with Crippen molar-refractivity contribution in [1.29, 1.82) is 0 Å². The Morgan fingerprint density at radius 2 is 0.940 bits per heavy atom. The Labute approximate surface area is 410 Å². The number of carbonyl (C=O) groups excluding carboxylic acids is 1. The van der Waals surface area contributed by atoms with Crippen molar-refractivity contribution in [2.75, 3.05) is 13.2 Å². The maximum Gasteiger partial charge on any atom is 0.220 e. The number of ether oxygens (including phenoxy) is 2. The molecule has 1 aliphatic rings. The second-order valence-electron chi connectivity index (χ2n) is 19.0. The molecule has 0 aromatic heterocycles. The molecule has 0 spiro atoms. The number of rotatable bonds is 46. The first-order valence-corrected chi connectivity index (χ1v) is 27.7. The molecule has 0 bridgehead atoms. The second kappa shape index (κ2) is 47.3. The van der Waals surface area contributed by atoms with E-state index in [0.717, 1.165) is 57.8 Å². The Bertz CT molecular complexity index is 1280. The van der Waals surface area contributed by atoms with Gasteiger partial charge in [-0.15, -0.1) is 0 Å². The van der Waals surface area contributed by atoms with E-state index in [4.69, 9.17) is 9.47 Å². The van der Waals surface area contributed by atoms with Gasteiger partial charge in [0.2, 0.25) is 5.91 Å². The van der Waals surface area contributed by atoms with Crippen molar-refractivity contribution >= 4 is 5.91 Å². The van der Waals surface area contributed by atoms with Crippen molar-refractivity contribution in [3.63, 3.8) is 0 Å². The third-order valence-electron chi connectivity index (χ3n) is 12.8. The summed E-state index contributed by atoms with van der Waals surface area (Å²) in [4.78, 5) is 13.0. The van der Waals surface area contributed by atoms with Crippen LogP contribution in [-0.4, -0.2) is 87.5 Å². The Hall–Kier alpha value is -2.37. The van der Waals surface area contributed by atoms with Crippen LogP contribution in [0, 0.1) is 0 Å². The van der Waals surface area contributed by atoms with E-state index in [1.54, 1.807) is 6.08 Å². The Morgan fingerprint density at radius 3 is 1.43 bits per heavy atom. The van der Waals surface area contributed by atoms with Crippen molar-refractivity contribution in [1.82, 2.24) is 5.32 Å². The first kappa shape index (κ1) is 62.6. The summed E-state index contributed by atoms with van der Waals surface area (Å²) in [6.07, 6.45) is 58.4. The van der Waals surface area contributed by atoms with E-state index in [-0.39, 0.29) is 18.9 Å². The summed E-state index contributed by atoms with van der Waals surface area (Å²) in [5, 5.41) is 54.3. The van der Waals surface area contributed by atoms with E-state index in [1.807, 2.05) is 6.08 Å². The van der Waals surface area contributed by atoms with Gasteiger partial charge in [0.1, 0.15) is 24.4 Å². The quantitative estimate of drug-likeness (QED) is 0.0261. The van der Waals surface area contributed by atoms with E-state index < -0.39 is 49.5 Å². The van der Waals surface area contributed by atoms with Crippen molar-refractivity contribution < 1.29 is 39.8 Å². The Kier molecular flexibility index (Phi) is 44.2. The van der Waals surface area contributed by atoms with Gasteiger partial charge in [-0.1, -0.05) is 228 Å². The number of amides is 1. The molecule has 1 fully saturated rings. The van der Waals surface area contributed by atoms with Gasteiger partial charge >= 0.3 is 0 Å². The molecule has 67 heavy (non-hydrogen) atoms. The molecule has 1 aliphatic heterocycles. The molecule has 1 rings (SSSR count). The minimum absolute atomic E-state index is 0.221. The minimum Gasteiger partial charge on any atom is -0.394 e. The summed E-state index contributed by atoms with van der Waals surface area (Å²) in [6, 6.07) is -0.847. The van der Waals surface area contributed by atoms with Gasteiger partial charge in [-0.05, 0) is 70.6 Å². The van der Waals surface area contributed by atoms with Crippen LogP contribution >= 0.6 is 0 Å². The van der Waals surface area contributed by atoms with Crippen molar-refractivity contribution in [3.8, 4) is 0 Å². The fourth-order valence-electron chi connectivity index (χ4n) is 8.40. The minimum atomic E-state index is -1.58. The van der Waals surface area contributed by atoms with Crippen LogP contribution < -0.4 is 5.32 Å². The highest BCUT2D eigenvalue weighted by atomic mass is 16.7. The maximum absolute atomic E-state index is 13.0. The van der Waals surface area contributed by atoms with Gasteiger partial charge < -0.3 is 40.3 Å². The first-order valence-electron chi connectivity index (χ1n) is 27.7. The van der Waals surface area contributed by atoms with E-state index in [0.29, 0.717) is 6.42 Å². The topological polar surface area (TPSA) is 149 Å². The molecule has 0 radical (unpaired) electrons. The molecule has 9 heteroatoms. The molecule has 0 aromatic rings. The van der Waals surface area contributed by atoms with Crippen LogP contribution in [0.15, 0.2) is 72.9 Å². The number of allylic oxidation sites excluding steroid dienone is 11. The number of aliphatic hydroxyl groups is 5. The molecule has 388 valence electrons. The lowest BCUT2D eigenvalue weighted by Gasteiger charge is -2.40. The van der Waals surface area contributed by atoms with Gasteiger partial charge in [-0.3, -0.25) is 4.79 Å². The standard InChI is InChI=1S/C58H103NO8/c1-3-5-7-9-11-13-15-17-19-20-21-22-23-24-25-26-27-28-29-30-31-32-34-35-37-39-41-43-45-47-52(61)51(50-66-58-57(65)56(64)55(63)53(49-60)67-58)59-54(62)48-46-44-42-40-38-36-33-18-16-14-12-10-8-6-4-2/h6,8,12,14,18,33,37-40,45,47,51-53,55-58,60-61,63-65H,3-5,7,9-11,13,15-17,19-32,34-36,41-44,46,48-50H2,1-2H3,(H,59,62)/b8-6-,14-12-,33-18-,39-37+,40-38-,47-45+. The molecule has 1 heterocycles. The number of hydrogen-bond acceptors (Lipinski definition) is 8. The van der Waals surface area contributed by atoms with E-state index in [9.17, 15) is 30.3 Å². The first-order chi connectivity index (χ1) is 32.8. The summed E-state index contributed by atoms with van der Waals surface area (Å²) in [7, 11) is 0. The molecule has 1 saturated heterocycles. The lowest BCUT2D eigenvalue weighted by molar-refractivity contribution is -0.302. The Balaban J connectivity index is 2.25. The zero-order chi connectivity index (χ0) is 48.7. The van der Waals surface area contributed by atoms with Gasteiger partial charge in [0.25, 0.3) is 0 Å². The van der Waals surface area contributed by atoms with E-state index in [2.05, 4.69) is 79.9 Å². The van der Waals surface area contributed by atoms with Gasteiger partial charge in [0.05, 0.1) is 25.4 Å².